The summed E-state index contributed by atoms with van der Waals surface area (Å²) in [5, 5.41) is 0. The number of carbonyl (C=O) groups excluding carboxylic acids is 2. The van der Waals surface area contributed by atoms with Gasteiger partial charge in [0.05, 0.1) is 24.3 Å². The maximum absolute atomic E-state index is 12.7. The van der Waals surface area contributed by atoms with Crippen LogP contribution < -0.4 is 0 Å². The molecule has 0 aliphatic heterocycles. The highest BCUT2D eigenvalue weighted by atomic mass is 16.5. The predicted octanol–water partition coefficient (Wildman–Crippen LogP) is 7.99. The van der Waals surface area contributed by atoms with Gasteiger partial charge in [-0.2, -0.15) is 0 Å². The fraction of sp³-hybridized carbons (Fsp3) is 0.714. The zero-order valence-corrected chi connectivity index (χ0v) is 21.0. The third-order valence-corrected chi connectivity index (χ3v) is 6.18. The highest BCUT2D eigenvalue weighted by molar-refractivity contribution is 6.03. The van der Waals surface area contributed by atoms with Gasteiger partial charge in [-0.05, 0) is 43.2 Å². The first-order chi connectivity index (χ1) is 15.5. The molecule has 0 bridgehead atoms. The van der Waals surface area contributed by atoms with Gasteiger partial charge in [0.15, 0.2) is 0 Å². The number of ether oxygens (including phenoxy) is 2. The largest absolute Gasteiger partial charge is 0.462 e. The first-order valence-corrected chi connectivity index (χ1v) is 13.0. The Morgan fingerprint density at radius 3 is 1.91 bits per heavy atom. The molecule has 1 aromatic rings. The van der Waals surface area contributed by atoms with Gasteiger partial charge in [-0.3, -0.25) is 0 Å². The van der Waals surface area contributed by atoms with Gasteiger partial charge in [0, 0.05) is 0 Å². The van der Waals surface area contributed by atoms with Crippen molar-refractivity contribution in [2.75, 3.05) is 13.2 Å². The molecule has 0 amide bonds. The number of hydrogen-bond donors (Lipinski definition) is 0. The highest BCUT2D eigenvalue weighted by Crippen LogP contribution is 2.21. The van der Waals surface area contributed by atoms with Crippen LogP contribution in [0.25, 0.3) is 0 Å². The van der Waals surface area contributed by atoms with Crippen molar-refractivity contribution in [1.29, 1.82) is 0 Å². The number of unbranched alkanes of at least 4 members (excludes halogenated alkanes) is 7. The van der Waals surface area contributed by atoms with E-state index in [0.29, 0.717) is 36.2 Å². The van der Waals surface area contributed by atoms with Crippen molar-refractivity contribution >= 4 is 11.9 Å². The van der Waals surface area contributed by atoms with E-state index < -0.39 is 11.9 Å². The fourth-order valence-electron chi connectivity index (χ4n) is 4.00. The van der Waals surface area contributed by atoms with E-state index in [2.05, 4.69) is 27.7 Å². The second kappa shape index (κ2) is 17.7. The summed E-state index contributed by atoms with van der Waals surface area (Å²) in [6.45, 7) is 9.60. The normalized spacial score (nSPS) is 12.9. The number of rotatable bonds is 18. The minimum atomic E-state index is -0.440. The average Bonchev–Trinajstić information content (AvgIpc) is 2.81. The summed E-state index contributed by atoms with van der Waals surface area (Å²) >= 11 is 0. The molecule has 4 nitrogen and oxygen atoms in total. The summed E-state index contributed by atoms with van der Waals surface area (Å²) in [6, 6.07) is 6.81. The van der Waals surface area contributed by atoms with E-state index in [1.807, 2.05) is 0 Å². The monoisotopic (exact) mass is 446 g/mol. The van der Waals surface area contributed by atoms with Crippen molar-refractivity contribution in [2.24, 2.45) is 11.8 Å². The van der Waals surface area contributed by atoms with Crippen LogP contribution in [0.5, 0.6) is 0 Å². The number of hydrogen-bond acceptors (Lipinski definition) is 4. The minimum absolute atomic E-state index is 0.297. The molecule has 0 aliphatic rings. The zero-order chi connectivity index (χ0) is 23.6. The zero-order valence-electron chi connectivity index (χ0n) is 21.0. The van der Waals surface area contributed by atoms with Gasteiger partial charge in [-0.15, -0.1) is 0 Å². The predicted molar refractivity (Wildman–Crippen MR) is 132 cm³/mol. The molecule has 0 N–H and O–H groups in total. The van der Waals surface area contributed by atoms with Gasteiger partial charge in [0.25, 0.3) is 0 Å². The van der Waals surface area contributed by atoms with Crippen LogP contribution in [0.3, 0.4) is 0 Å². The minimum Gasteiger partial charge on any atom is -0.462 e. The Hall–Kier alpha value is -1.84. The summed E-state index contributed by atoms with van der Waals surface area (Å²) in [5.74, 6) is 0.101. The van der Waals surface area contributed by atoms with Crippen molar-refractivity contribution in [3.8, 4) is 0 Å². The van der Waals surface area contributed by atoms with E-state index in [1.54, 1.807) is 24.3 Å². The molecule has 32 heavy (non-hydrogen) atoms. The van der Waals surface area contributed by atoms with Crippen LogP contribution in [-0.2, 0) is 9.47 Å². The molecule has 0 radical (unpaired) electrons. The summed E-state index contributed by atoms with van der Waals surface area (Å²) in [5.41, 5.74) is 0.596. The Labute approximate surface area is 196 Å². The van der Waals surface area contributed by atoms with E-state index in [0.717, 1.165) is 38.5 Å². The van der Waals surface area contributed by atoms with Crippen LogP contribution in [0.1, 0.15) is 125 Å². The van der Waals surface area contributed by atoms with E-state index in [-0.39, 0.29) is 0 Å². The number of esters is 2. The third-order valence-electron chi connectivity index (χ3n) is 6.18. The van der Waals surface area contributed by atoms with Gasteiger partial charge in [-0.25, -0.2) is 9.59 Å². The average molecular weight is 447 g/mol. The Morgan fingerprint density at radius 1 is 0.781 bits per heavy atom. The highest BCUT2D eigenvalue weighted by Gasteiger charge is 2.21. The maximum atomic E-state index is 12.7. The summed E-state index contributed by atoms with van der Waals surface area (Å²) in [4.78, 5) is 25.3. The number of carbonyl (C=O) groups is 2. The van der Waals surface area contributed by atoms with Crippen molar-refractivity contribution in [3.63, 3.8) is 0 Å². The van der Waals surface area contributed by atoms with Gasteiger partial charge in [0.2, 0.25) is 0 Å². The second-order valence-corrected chi connectivity index (χ2v) is 9.16. The van der Waals surface area contributed by atoms with Crippen LogP contribution in [-0.4, -0.2) is 25.2 Å². The molecule has 1 rings (SSSR count). The molecule has 0 saturated carbocycles. The standard InChI is InChI=1S/C28H46O4/c1-5-8-9-10-11-12-13-16-20-31-27(29)25-18-14-15-19-26(25)28(30)32-22-24(17-6-2)21-23(4)7-3/h14-15,18-19,23-24H,5-13,16-17,20-22H2,1-4H3. The van der Waals surface area contributed by atoms with E-state index in [4.69, 9.17) is 9.47 Å². The molecule has 0 heterocycles. The van der Waals surface area contributed by atoms with Crippen LogP contribution in [0, 0.1) is 11.8 Å². The second-order valence-electron chi connectivity index (χ2n) is 9.16. The lowest BCUT2D eigenvalue weighted by atomic mass is 9.91. The summed E-state index contributed by atoms with van der Waals surface area (Å²) < 4.78 is 11.1. The van der Waals surface area contributed by atoms with Crippen molar-refractivity contribution < 1.29 is 19.1 Å². The number of benzene rings is 1. The first-order valence-electron chi connectivity index (χ1n) is 13.0. The molecule has 2 atom stereocenters. The molecule has 0 fully saturated rings. The first kappa shape index (κ1) is 28.2. The maximum Gasteiger partial charge on any atom is 0.339 e. The molecule has 4 heteroatoms. The molecule has 0 aliphatic carbocycles. The Kier molecular flexibility index (Phi) is 15.6. The lowest BCUT2D eigenvalue weighted by molar-refractivity contribution is 0.0393. The molecule has 0 saturated heterocycles. The molecular weight excluding hydrogens is 400 g/mol. The Balaban J connectivity index is 2.48. The molecule has 1 aromatic carbocycles. The molecule has 0 spiro atoms. The Morgan fingerprint density at radius 2 is 1.34 bits per heavy atom. The quantitative estimate of drug-likeness (QED) is 0.169. The van der Waals surface area contributed by atoms with Gasteiger partial charge >= 0.3 is 11.9 Å². The summed E-state index contributed by atoms with van der Waals surface area (Å²) in [6.07, 6.45) is 13.8. The van der Waals surface area contributed by atoms with Crippen LogP contribution in [0.2, 0.25) is 0 Å². The van der Waals surface area contributed by atoms with Crippen LogP contribution in [0.15, 0.2) is 24.3 Å². The Bertz CT molecular complexity index is 640. The lowest BCUT2D eigenvalue weighted by Crippen LogP contribution is -2.19. The topological polar surface area (TPSA) is 52.6 Å². The van der Waals surface area contributed by atoms with Crippen molar-refractivity contribution in [3.05, 3.63) is 35.4 Å². The molecule has 2 unspecified atom stereocenters. The molecular formula is C28H46O4. The van der Waals surface area contributed by atoms with Gasteiger partial charge in [0.1, 0.15) is 0 Å². The third kappa shape index (κ3) is 11.7. The van der Waals surface area contributed by atoms with E-state index in [1.165, 1.54) is 38.5 Å². The van der Waals surface area contributed by atoms with E-state index in [9.17, 15) is 9.59 Å². The van der Waals surface area contributed by atoms with Crippen LogP contribution in [0.4, 0.5) is 0 Å². The van der Waals surface area contributed by atoms with Crippen molar-refractivity contribution in [2.45, 2.75) is 105 Å². The van der Waals surface area contributed by atoms with E-state index >= 15 is 0 Å². The van der Waals surface area contributed by atoms with Crippen LogP contribution >= 0.6 is 0 Å². The SMILES string of the molecule is CCCCCCCCCCOC(=O)c1ccccc1C(=O)OCC(CCC)CC(C)CC. The summed E-state index contributed by atoms with van der Waals surface area (Å²) in [7, 11) is 0. The smallest absolute Gasteiger partial charge is 0.339 e. The van der Waals surface area contributed by atoms with Gasteiger partial charge in [-0.1, -0.05) is 97.6 Å². The van der Waals surface area contributed by atoms with Gasteiger partial charge < -0.3 is 9.47 Å². The molecule has 0 aromatic heterocycles. The van der Waals surface area contributed by atoms with Crippen molar-refractivity contribution in [1.82, 2.24) is 0 Å². The molecule has 182 valence electrons. The lowest BCUT2D eigenvalue weighted by Gasteiger charge is -2.20. The fourth-order valence-corrected chi connectivity index (χ4v) is 4.00.